The maximum atomic E-state index is 12.8. The monoisotopic (exact) mass is 434 g/mol. The molecule has 1 N–H and O–H groups in total. The Kier molecular flexibility index (Phi) is 6.25. The maximum absolute atomic E-state index is 12.8. The lowest BCUT2D eigenvalue weighted by atomic mass is 10.1. The third-order valence-corrected chi connectivity index (χ3v) is 7.79. The number of hydrogen-bond donors (Lipinski definition) is 1. The second kappa shape index (κ2) is 8.33. The average Bonchev–Trinajstić information content (AvgIpc) is 2.95. The lowest BCUT2D eigenvalue weighted by Gasteiger charge is -2.13. The van der Waals surface area contributed by atoms with Gasteiger partial charge in [0.25, 0.3) is 0 Å². The summed E-state index contributed by atoms with van der Waals surface area (Å²) in [5, 5.41) is 1.60. The third kappa shape index (κ3) is 4.63. The lowest BCUT2D eigenvalue weighted by Crippen LogP contribution is -2.27. The molecule has 3 rings (SSSR count). The van der Waals surface area contributed by atoms with Crippen LogP contribution in [0.2, 0.25) is 5.02 Å². The van der Waals surface area contributed by atoms with Crippen molar-refractivity contribution in [1.29, 1.82) is 0 Å². The van der Waals surface area contributed by atoms with Gasteiger partial charge in [-0.1, -0.05) is 41.4 Å². The Morgan fingerprint density at radius 3 is 2.25 bits per heavy atom. The molecule has 2 aromatic carbocycles. The van der Waals surface area contributed by atoms with Crippen molar-refractivity contribution in [3.8, 4) is 10.6 Å². The van der Waals surface area contributed by atoms with Gasteiger partial charge in [-0.3, -0.25) is 0 Å². The van der Waals surface area contributed by atoms with Crippen molar-refractivity contribution in [2.75, 3.05) is 6.54 Å². The SMILES string of the molecule is Cc1cc(C)c(S(=O)(=O)NCCc2sc(-c3ccc(Cl)cc3)nc2C)c(C)c1. The van der Waals surface area contributed by atoms with Crippen molar-refractivity contribution in [3.63, 3.8) is 0 Å². The van der Waals surface area contributed by atoms with Crippen LogP contribution in [-0.2, 0) is 16.4 Å². The van der Waals surface area contributed by atoms with Gasteiger partial charge in [0, 0.05) is 22.0 Å². The van der Waals surface area contributed by atoms with Crippen LogP contribution in [0.25, 0.3) is 10.6 Å². The van der Waals surface area contributed by atoms with Crippen LogP contribution >= 0.6 is 22.9 Å². The van der Waals surface area contributed by atoms with Crippen molar-refractivity contribution < 1.29 is 8.42 Å². The lowest BCUT2D eigenvalue weighted by molar-refractivity contribution is 0.580. The van der Waals surface area contributed by atoms with Crippen LogP contribution in [0.3, 0.4) is 0 Å². The first-order chi connectivity index (χ1) is 13.2. The summed E-state index contributed by atoms with van der Waals surface area (Å²) in [4.78, 5) is 6.07. The molecule has 1 aromatic heterocycles. The first kappa shape index (κ1) is 21.0. The highest BCUT2D eigenvalue weighted by Gasteiger charge is 2.20. The molecule has 0 saturated carbocycles. The fourth-order valence-electron chi connectivity index (χ4n) is 3.34. The van der Waals surface area contributed by atoms with E-state index in [9.17, 15) is 8.42 Å². The Morgan fingerprint density at radius 1 is 1.04 bits per heavy atom. The fraction of sp³-hybridized carbons (Fsp3) is 0.286. The van der Waals surface area contributed by atoms with E-state index in [0.29, 0.717) is 22.9 Å². The predicted molar refractivity (Wildman–Crippen MR) is 117 cm³/mol. The molecule has 1 heterocycles. The zero-order valence-corrected chi connectivity index (χ0v) is 18.7. The van der Waals surface area contributed by atoms with Crippen molar-refractivity contribution in [2.45, 2.75) is 39.0 Å². The predicted octanol–water partition coefficient (Wildman–Crippen LogP) is 5.22. The molecule has 0 aliphatic rings. The van der Waals surface area contributed by atoms with Crippen LogP contribution < -0.4 is 4.72 Å². The second-order valence-electron chi connectivity index (χ2n) is 6.91. The van der Waals surface area contributed by atoms with E-state index < -0.39 is 10.0 Å². The molecule has 0 aliphatic carbocycles. The van der Waals surface area contributed by atoms with E-state index in [-0.39, 0.29) is 0 Å². The zero-order chi connectivity index (χ0) is 20.5. The molecule has 7 heteroatoms. The molecule has 0 aliphatic heterocycles. The van der Waals surface area contributed by atoms with Gasteiger partial charge < -0.3 is 0 Å². The highest BCUT2D eigenvalue weighted by molar-refractivity contribution is 7.89. The quantitative estimate of drug-likeness (QED) is 0.578. The standard InChI is InChI=1S/C21H23ClN2O2S2/c1-13-11-14(2)20(15(3)12-13)28(25,26)23-10-9-19-16(4)24-21(27-19)17-5-7-18(22)8-6-17/h5-8,11-12,23H,9-10H2,1-4H3. The van der Waals surface area contributed by atoms with Crippen LogP contribution in [0.4, 0.5) is 0 Å². The van der Waals surface area contributed by atoms with Gasteiger partial charge in [-0.05, 0) is 57.4 Å². The molecule has 0 spiro atoms. The summed E-state index contributed by atoms with van der Waals surface area (Å²) in [5.74, 6) is 0. The smallest absolute Gasteiger partial charge is 0.241 e. The van der Waals surface area contributed by atoms with E-state index in [2.05, 4.69) is 9.71 Å². The highest BCUT2D eigenvalue weighted by atomic mass is 35.5. The van der Waals surface area contributed by atoms with Gasteiger partial charge in [0.1, 0.15) is 5.01 Å². The number of hydrogen-bond acceptors (Lipinski definition) is 4. The number of thiazole rings is 1. The Bertz CT molecular complexity index is 1080. The molecule has 0 radical (unpaired) electrons. The summed E-state index contributed by atoms with van der Waals surface area (Å²) in [5.41, 5.74) is 4.53. The molecule has 0 atom stereocenters. The van der Waals surface area contributed by atoms with Gasteiger partial charge >= 0.3 is 0 Å². The van der Waals surface area contributed by atoms with Crippen LogP contribution in [0.5, 0.6) is 0 Å². The number of aromatic nitrogens is 1. The topological polar surface area (TPSA) is 59.1 Å². The average molecular weight is 435 g/mol. The summed E-state index contributed by atoms with van der Waals surface area (Å²) in [7, 11) is -3.55. The van der Waals surface area contributed by atoms with Crippen molar-refractivity contribution >= 4 is 33.0 Å². The summed E-state index contributed by atoms with van der Waals surface area (Å²) < 4.78 is 28.3. The van der Waals surface area contributed by atoms with E-state index >= 15 is 0 Å². The molecule has 0 unspecified atom stereocenters. The van der Waals surface area contributed by atoms with Gasteiger partial charge in [-0.2, -0.15) is 0 Å². The first-order valence-corrected chi connectivity index (χ1v) is 11.6. The van der Waals surface area contributed by atoms with E-state index in [1.54, 1.807) is 11.3 Å². The van der Waals surface area contributed by atoms with Crippen LogP contribution in [0.15, 0.2) is 41.3 Å². The largest absolute Gasteiger partial charge is 0.241 e. The number of sulfonamides is 1. The third-order valence-electron chi connectivity index (χ3n) is 4.50. The summed E-state index contributed by atoms with van der Waals surface area (Å²) >= 11 is 7.53. The van der Waals surface area contributed by atoms with E-state index in [1.807, 2.05) is 64.1 Å². The fourth-order valence-corrected chi connectivity index (χ4v) is 6.01. The number of aryl methyl sites for hydroxylation is 4. The first-order valence-electron chi connectivity index (χ1n) is 8.97. The number of nitrogens with one attached hydrogen (secondary N) is 1. The number of halogens is 1. The van der Waals surface area contributed by atoms with Crippen molar-refractivity contribution in [1.82, 2.24) is 9.71 Å². The number of benzene rings is 2. The minimum atomic E-state index is -3.55. The highest BCUT2D eigenvalue weighted by Crippen LogP contribution is 2.29. The molecule has 3 aromatic rings. The van der Waals surface area contributed by atoms with Crippen LogP contribution in [0.1, 0.15) is 27.3 Å². The minimum absolute atomic E-state index is 0.332. The molecule has 0 fully saturated rings. The number of nitrogens with zero attached hydrogens (tertiary/aromatic N) is 1. The minimum Gasteiger partial charge on any atom is -0.241 e. The normalized spacial score (nSPS) is 11.8. The van der Waals surface area contributed by atoms with Crippen molar-refractivity contribution in [2.24, 2.45) is 0 Å². The molecule has 0 bridgehead atoms. The van der Waals surface area contributed by atoms with Gasteiger partial charge in [0.2, 0.25) is 10.0 Å². The van der Waals surface area contributed by atoms with Gasteiger partial charge in [0.15, 0.2) is 0 Å². The van der Waals surface area contributed by atoms with E-state index in [0.717, 1.165) is 37.8 Å². The van der Waals surface area contributed by atoms with E-state index in [1.165, 1.54) is 0 Å². The van der Waals surface area contributed by atoms with E-state index in [4.69, 9.17) is 11.6 Å². The summed E-state index contributed by atoms with van der Waals surface area (Å²) in [6.07, 6.45) is 0.597. The number of rotatable bonds is 6. The second-order valence-corrected chi connectivity index (χ2v) is 10.1. The van der Waals surface area contributed by atoms with Crippen LogP contribution in [0, 0.1) is 27.7 Å². The zero-order valence-electron chi connectivity index (χ0n) is 16.3. The Morgan fingerprint density at radius 2 is 1.64 bits per heavy atom. The molecular weight excluding hydrogens is 412 g/mol. The molecule has 4 nitrogen and oxygen atoms in total. The Labute approximate surface area is 175 Å². The Balaban J connectivity index is 1.72. The Hall–Kier alpha value is -1.73. The van der Waals surface area contributed by atoms with Gasteiger partial charge in [-0.25, -0.2) is 18.1 Å². The van der Waals surface area contributed by atoms with Gasteiger partial charge in [0.05, 0.1) is 10.6 Å². The van der Waals surface area contributed by atoms with Gasteiger partial charge in [-0.15, -0.1) is 11.3 Å². The van der Waals surface area contributed by atoms with Crippen LogP contribution in [-0.4, -0.2) is 19.9 Å². The summed E-state index contributed by atoms with van der Waals surface area (Å²) in [6, 6.07) is 11.4. The van der Waals surface area contributed by atoms with Crippen molar-refractivity contribution in [3.05, 3.63) is 68.7 Å². The molecular formula is C21H23ClN2O2S2. The summed E-state index contributed by atoms with van der Waals surface area (Å²) in [6.45, 7) is 7.92. The molecule has 0 saturated heterocycles. The molecule has 28 heavy (non-hydrogen) atoms. The molecule has 0 amide bonds. The molecule has 148 valence electrons. The maximum Gasteiger partial charge on any atom is 0.241 e.